The van der Waals surface area contributed by atoms with E-state index in [0.29, 0.717) is 19.8 Å². The van der Waals surface area contributed by atoms with E-state index in [-0.39, 0.29) is 6.61 Å². The van der Waals surface area contributed by atoms with Gasteiger partial charge in [-0.25, -0.2) is 4.68 Å². The number of aliphatic hydroxyl groups is 1. The van der Waals surface area contributed by atoms with Crippen molar-refractivity contribution in [2.75, 3.05) is 26.9 Å². The highest BCUT2D eigenvalue weighted by molar-refractivity contribution is 6.76. The molecular formula is C14H28N2O3Si. The lowest BCUT2D eigenvalue weighted by atomic mass is 10.1. The molecule has 0 saturated heterocycles. The molecular weight excluding hydrogens is 272 g/mol. The minimum atomic E-state index is -1.04. The van der Waals surface area contributed by atoms with Gasteiger partial charge in [0, 0.05) is 41.0 Å². The molecule has 5 nitrogen and oxygen atoms in total. The Morgan fingerprint density at radius 2 is 2.00 bits per heavy atom. The molecule has 0 spiro atoms. The van der Waals surface area contributed by atoms with Gasteiger partial charge < -0.3 is 14.6 Å². The van der Waals surface area contributed by atoms with E-state index in [1.807, 2.05) is 10.9 Å². The average molecular weight is 300 g/mol. The van der Waals surface area contributed by atoms with Gasteiger partial charge in [0.2, 0.25) is 0 Å². The predicted molar refractivity (Wildman–Crippen MR) is 82.7 cm³/mol. The first-order chi connectivity index (χ1) is 9.46. The van der Waals surface area contributed by atoms with Gasteiger partial charge in [-0.05, 0) is 18.0 Å². The number of hydrogen-bond donors (Lipinski definition) is 1. The van der Waals surface area contributed by atoms with Gasteiger partial charge in [-0.3, -0.25) is 0 Å². The van der Waals surface area contributed by atoms with E-state index in [2.05, 4.69) is 24.7 Å². The van der Waals surface area contributed by atoms with Crippen molar-refractivity contribution in [3.63, 3.8) is 0 Å². The third-order valence-electron chi connectivity index (χ3n) is 3.07. The van der Waals surface area contributed by atoms with Crippen LogP contribution in [-0.4, -0.2) is 49.9 Å². The lowest BCUT2D eigenvalue weighted by molar-refractivity contribution is 0.0781. The van der Waals surface area contributed by atoms with Crippen LogP contribution in [0.4, 0.5) is 0 Å². The highest BCUT2D eigenvalue weighted by atomic mass is 28.3. The number of hydrogen-bond acceptors (Lipinski definition) is 4. The zero-order valence-corrected chi connectivity index (χ0v) is 14.2. The summed E-state index contributed by atoms with van der Waals surface area (Å²) in [5.74, 6) is 0. The first-order valence-corrected chi connectivity index (χ1v) is 10.9. The van der Waals surface area contributed by atoms with Crippen molar-refractivity contribution < 1.29 is 14.6 Å². The van der Waals surface area contributed by atoms with Gasteiger partial charge in [0.15, 0.2) is 0 Å². The lowest BCUT2D eigenvalue weighted by Gasteiger charge is -2.15. The second-order valence-electron chi connectivity index (χ2n) is 6.20. The summed E-state index contributed by atoms with van der Waals surface area (Å²) in [5.41, 5.74) is 2.08. The van der Waals surface area contributed by atoms with E-state index in [9.17, 15) is 0 Å². The molecule has 0 amide bonds. The van der Waals surface area contributed by atoms with Crippen molar-refractivity contribution in [2.24, 2.45) is 0 Å². The maximum Gasteiger partial charge on any atom is 0.139 e. The number of aliphatic hydroxyl groups excluding tert-OH is 1. The van der Waals surface area contributed by atoms with E-state index in [0.717, 1.165) is 30.3 Å². The third-order valence-corrected chi connectivity index (χ3v) is 4.77. The Labute approximate surface area is 122 Å². The van der Waals surface area contributed by atoms with Crippen molar-refractivity contribution in [3.05, 3.63) is 17.5 Å². The predicted octanol–water partition coefficient (Wildman–Crippen LogP) is 1.92. The molecule has 0 radical (unpaired) electrons. The maximum atomic E-state index is 9.08. The normalized spacial score (nSPS) is 12.1. The van der Waals surface area contributed by atoms with Crippen LogP contribution in [0.2, 0.25) is 25.7 Å². The highest BCUT2D eigenvalue weighted by Crippen LogP contribution is 2.11. The Morgan fingerprint density at radius 1 is 1.25 bits per heavy atom. The van der Waals surface area contributed by atoms with Gasteiger partial charge in [-0.2, -0.15) is 5.10 Å². The maximum absolute atomic E-state index is 9.08. The van der Waals surface area contributed by atoms with Gasteiger partial charge in [0.05, 0.1) is 12.3 Å². The summed E-state index contributed by atoms with van der Waals surface area (Å²) >= 11 is 0. The Kier molecular flexibility index (Phi) is 7.43. The fourth-order valence-corrected chi connectivity index (χ4v) is 2.60. The minimum Gasteiger partial charge on any atom is -0.396 e. The Balaban J connectivity index is 2.48. The van der Waals surface area contributed by atoms with Crippen molar-refractivity contribution in [1.29, 1.82) is 0 Å². The summed E-state index contributed by atoms with van der Waals surface area (Å²) in [7, 11) is 0.654. The monoisotopic (exact) mass is 300 g/mol. The SMILES string of the molecule is COCCc1cn(COCC[Si](C)(C)C)nc1CCO. The van der Waals surface area contributed by atoms with Crippen LogP contribution in [0.5, 0.6) is 0 Å². The molecule has 116 valence electrons. The van der Waals surface area contributed by atoms with Crippen LogP contribution in [0.1, 0.15) is 11.3 Å². The van der Waals surface area contributed by atoms with Crippen LogP contribution in [0.15, 0.2) is 6.20 Å². The Morgan fingerprint density at radius 3 is 2.60 bits per heavy atom. The quantitative estimate of drug-likeness (QED) is 0.530. The number of nitrogens with zero attached hydrogens (tertiary/aromatic N) is 2. The van der Waals surface area contributed by atoms with Gasteiger partial charge >= 0.3 is 0 Å². The fraction of sp³-hybridized carbons (Fsp3) is 0.786. The molecule has 1 heterocycles. The van der Waals surface area contributed by atoms with Gasteiger partial charge in [0.25, 0.3) is 0 Å². The molecule has 0 fully saturated rings. The molecule has 0 atom stereocenters. The number of ether oxygens (including phenoxy) is 2. The molecule has 6 heteroatoms. The van der Waals surface area contributed by atoms with Crippen molar-refractivity contribution in [3.8, 4) is 0 Å². The molecule has 1 aromatic heterocycles. The van der Waals surface area contributed by atoms with Gasteiger partial charge in [0.1, 0.15) is 6.73 Å². The second kappa shape index (κ2) is 8.56. The minimum absolute atomic E-state index is 0.119. The highest BCUT2D eigenvalue weighted by Gasteiger charge is 2.12. The summed E-state index contributed by atoms with van der Waals surface area (Å²) in [4.78, 5) is 0. The Bertz CT molecular complexity index is 388. The number of methoxy groups -OCH3 is 1. The van der Waals surface area contributed by atoms with E-state index in [1.165, 1.54) is 0 Å². The molecule has 0 saturated carbocycles. The van der Waals surface area contributed by atoms with E-state index in [4.69, 9.17) is 14.6 Å². The van der Waals surface area contributed by atoms with Gasteiger partial charge in [-0.1, -0.05) is 19.6 Å². The van der Waals surface area contributed by atoms with Crippen LogP contribution in [0, 0.1) is 0 Å². The van der Waals surface area contributed by atoms with Crippen LogP contribution in [0.25, 0.3) is 0 Å². The molecule has 0 aliphatic rings. The summed E-state index contributed by atoms with van der Waals surface area (Å²) in [6, 6.07) is 1.16. The second-order valence-corrected chi connectivity index (χ2v) is 11.8. The third kappa shape index (κ3) is 6.65. The van der Waals surface area contributed by atoms with Crippen LogP contribution < -0.4 is 0 Å². The summed E-state index contributed by atoms with van der Waals surface area (Å²) in [5, 5.41) is 13.5. The van der Waals surface area contributed by atoms with Crippen molar-refractivity contribution in [1.82, 2.24) is 9.78 Å². The van der Waals surface area contributed by atoms with Crippen LogP contribution in [0.3, 0.4) is 0 Å². The molecule has 0 bridgehead atoms. The van der Waals surface area contributed by atoms with Gasteiger partial charge in [-0.15, -0.1) is 0 Å². The molecule has 0 aromatic carbocycles. The molecule has 20 heavy (non-hydrogen) atoms. The van der Waals surface area contributed by atoms with Crippen molar-refractivity contribution >= 4 is 8.07 Å². The van der Waals surface area contributed by atoms with E-state index >= 15 is 0 Å². The molecule has 1 rings (SSSR count). The van der Waals surface area contributed by atoms with Crippen LogP contribution >= 0.6 is 0 Å². The topological polar surface area (TPSA) is 56.5 Å². The average Bonchev–Trinajstić information content (AvgIpc) is 2.74. The zero-order valence-electron chi connectivity index (χ0n) is 13.2. The smallest absolute Gasteiger partial charge is 0.139 e. The molecule has 1 aromatic rings. The zero-order chi connectivity index (χ0) is 15.0. The summed E-state index contributed by atoms with van der Waals surface area (Å²) in [6.07, 6.45) is 3.40. The Hall–Kier alpha value is -0.693. The largest absolute Gasteiger partial charge is 0.396 e. The first kappa shape index (κ1) is 17.4. The lowest BCUT2D eigenvalue weighted by Crippen LogP contribution is -2.22. The number of aromatic nitrogens is 2. The summed E-state index contributed by atoms with van der Waals surface area (Å²) < 4.78 is 12.6. The van der Waals surface area contributed by atoms with Crippen LogP contribution in [-0.2, 0) is 29.0 Å². The molecule has 0 aliphatic carbocycles. The number of rotatable bonds is 10. The fourth-order valence-electron chi connectivity index (χ4n) is 1.84. The summed E-state index contributed by atoms with van der Waals surface area (Å²) in [6.45, 7) is 9.08. The standard InChI is InChI=1S/C14H28N2O3Si/c1-18-8-6-13-11-16(15-14(13)5-7-17)12-19-9-10-20(2,3)4/h11,17H,5-10,12H2,1-4H3. The van der Waals surface area contributed by atoms with E-state index < -0.39 is 8.07 Å². The van der Waals surface area contributed by atoms with E-state index in [1.54, 1.807) is 7.11 Å². The first-order valence-electron chi connectivity index (χ1n) is 7.19. The molecule has 0 unspecified atom stereocenters. The molecule has 1 N–H and O–H groups in total. The molecule has 0 aliphatic heterocycles. The van der Waals surface area contributed by atoms with Crippen molar-refractivity contribution in [2.45, 2.75) is 45.3 Å².